The van der Waals surface area contributed by atoms with Crippen molar-refractivity contribution in [2.24, 2.45) is 11.3 Å². The van der Waals surface area contributed by atoms with Gasteiger partial charge in [0.2, 0.25) is 0 Å². The summed E-state index contributed by atoms with van der Waals surface area (Å²) in [6, 6.07) is 10.2. The molecule has 1 aromatic carbocycles. The second kappa shape index (κ2) is 7.60. The summed E-state index contributed by atoms with van der Waals surface area (Å²) in [5.41, 5.74) is 1.23. The summed E-state index contributed by atoms with van der Waals surface area (Å²) in [5.74, 6) is 1.09. The predicted molar refractivity (Wildman–Crippen MR) is 78.9 cm³/mol. The highest BCUT2D eigenvalue weighted by Gasteiger charge is 2.22. The van der Waals surface area contributed by atoms with Gasteiger partial charge in [0, 0.05) is 12.5 Å². The first-order valence-corrected chi connectivity index (χ1v) is 6.94. The molecule has 2 heteroatoms. The molecular weight excluding hydrogens is 244 g/mol. The van der Waals surface area contributed by atoms with Crippen LogP contribution in [0.4, 0.5) is 0 Å². The van der Waals surface area contributed by atoms with Crippen LogP contribution in [0.1, 0.15) is 25.8 Å². The van der Waals surface area contributed by atoms with Crippen molar-refractivity contribution in [2.45, 2.75) is 26.9 Å². The number of ether oxygens (including phenoxy) is 1. The van der Waals surface area contributed by atoms with Crippen LogP contribution in [0.5, 0.6) is 0 Å². The van der Waals surface area contributed by atoms with Gasteiger partial charge in [-0.25, -0.2) is 0 Å². The van der Waals surface area contributed by atoms with Crippen LogP contribution in [0.25, 0.3) is 0 Å². The van der Waals surface area contributed by atoms with E-state index in [1.165, 1.54) is 5.56 Å². The minimum Gasteiger partial charge on any atom is -0.376 e. The van der Waals surface area contributed by atoms with Gasteiger partial charge in [-0.05, 0) is 23.3 Å². The first-order valence-electron chi connectivity index (χ1n) is 6.41. The Kier molecular flexibility index (Phi) is 6.45. The second-order valence-corrected chi connectivity index (χ2v) is 5.57. The van der Waals surface area contributed by atoms with E-state index in [0.717, 1.165) is 13.0 Å². The Bertz CT molecular complexity index is 349. The molecule has 0 N–H and O–H groups in total. The number of hydrogen-bond acceptors (Lipinski definition) is 1. The molecule has 0 aliphatic heterocycles. The summed E-state index contributed by atoms with van der Waals surface area (Å²) < 4.78 is 5.74. The Morgan fingerprint density at radius 1 is 1.39 bits per heavy atom. The van der Waals surface area contributed by atoms with E-state index in [4.69, 9.17) is 16.3 Å². The van der Waals surface area contributed by atoms with Crippen molar-refractivity contribution >= 4 is 11.6 Å². The van der Waals surface area contributed by atoms with Crippen molar-refractivity contribution < 1.29 is 4.74 Å². The van der Waals surface area contributed by atoms with Gasteiger partial charge in [-0.15, -0.1) is 18.2 Å². The van der Waals surface area contributed by atoms with E-state index >= 15 is 0 Å². The molecule has 0 spiro atoms. The largest absolute Gasteiger partial charge is 0.376 e. The molecule has 2 atom stereocenters. The molecule has 0 heterocycles. The van der Waals surface area contributed by atoms with Crippen LogP contribution in [0.3, 0.4) is 0 Å². The van der Waals surface area contributed by atoms with Crippen molar-refractivity contribution in [3.05, 3.63) is 48.6 Å². The minimum absolute atomic E-state index is 0.0110. The molecule has 0 saturated carbocycles. The first kappa shape index (κ1) is 15.3. The van der Waals surface area contributed by atoms with Gasteiger partial charge in [-0.2, -0.15) is 0 Å². The third kappa shape index (κ3) is 5.24. The van der Waals surface area contributed by atoms with E-state index in [9.17, 15) is 0 Å². The van der Waals surface area contributed by atoms with Gasteiger partial charge in [-0.1, -0.05) is 50.3 Å². The average Bonchev–Trinajstić information content (AvgIpc) is 2.40. The Balaban J connectivity index is 2.29. The predicted octanol–water partition coefficient (Wildman–Crippen LogP) is 4.66. The molecule has 0 radical (unpaired) electrons. The summed E-state index contributed by atoms with van der Waals surface area (Å²) >= 11 is 5.97. The van der Waals surface area contributed by atoms with Crippen LogP contribution in [-0.4, -0.2) is 12.5 Å². The molecule has 0 bridgehead atoms. The molecule has 0 aromatic heterocycles. The fourth-order valence-electron chi connectivity index (χ4n) is 2.00. The van der Waals surface area contributed by atoms with Crippen LogP contribution in [0, 0.1) is 11.3 Å². The monoisotopic (exact) mass is 266 g/mol. The molecule has 1 rings (SSSR count). The lowest BCUT2D eigenvalue weighted by Crippen LogP contribution is -2.21. The summed E-state index contributed by atoms with van der Waals surface area (Å²) in [4.78, 5) is 0. The standard InChI is InChI=1S/C16H23ClO/c1-4-16(3,13-17)10-14(2)11-18-12-15-8-6-5-7-9-15/h4-9,14H,1,10-13H2,2-3H3. The van der Waals surface area contributed by atoms with Crippen molar-refractivity contribution in [3.8, 4) is 0 Å². The molecule has 0 aliphatic carbocycles. The van der Waals surface area contributed by atoms with E-state index in [1.807, 2.05) is 24.3 Å². The summed E-state index contributed by atoms with van der Waals surface area (Å²) in [6.45, 7) is 9.63. The van der Waals surface area contributed by atoms with Crippen molar-refractivity contribution in [3.63, 3.8) is 0 Å². The zero-order chi connectivity index (χ0) is 13.4. The SMILES string of the molecule is C=CC(C)(CCl)CC(C)COCc1ccccc1. The molecule has 0 saturated heterocycles. The Morgan fingerprint density at radius 3 is 2.61 bits per heavy atom. The normalized spacial score (nSPS) is 15.9. The van der Waals surface area contributed by atoms with E-state index in [0.29, 0.717) is 18.4 Å². The lowest BCUT2D eigenvalue weighted by Gasteiger charge is -2.26. The molecule has 100 valence electrons. The third-order valence-electron chi connectivity index (χ3n) is 3.13. The van der Waals surface area contributed by atoms with Gasteiger partial charge in [0.05, 0.1) is 6.61 Å². The quantitative estimate of drug-likeness (QED) is 0.491. The number of rotatable bonds is 8. The maximum atomic E-state index is 5.97. The number of benzene rings is 1. The van der Waals surface area contributed by atoms with Crippen LogP contribution in [0.15, 0.2) is 43.0 Å². The lowest BCUT2D eigenvalue weighted by atomic mass is 9.83. The van der Waals surface area contributed by atoms with Gasteiger partial charge in [0.15, 0.2) is 0 Å². The molecular formula is C16H23ClO. The van der Waals surface area contributed by atoms with Crippen LogP contribution < -0.4 is 0 Å². The van der Waals surface area contributed by atoms with Crippen molar-refractivity contribution in [1.29, 1.82) is 0 Å². The summed E-state index contributed by atoms with van der Waals surface area (Å²) in [5, 5.41) is 0. The highest BCUT2D eigenvalue weighted by atomic mass is 35.5. The molecule has 0 aliphatic rings. The van der Waals surface area contributed by atoms with Crippen LogP contribution in [0.2, 0.25) is 0 Å². The van der Waals surface area contributed by atoms with Gasteiger partial charge >= 0.3 is 0 Å². The Morgan fingerprint density at radius 2 is 2.06 bits per heavy atom. The maximum absolute atomic E-state index is 5.97. The molecule has 0 amide bonds. The van der Waals surface area contributed by atoms with Gasteiger partial charge < -0.3 is 4.74 Å². The molecule has 2 unspecified atom stereocenters. The van der Waals surface area contributed by atoms with Gasteiger partial charge in [0.1, 0.15) is 0 Å². The lowest BCUT2D eigenvalue weighted by molar-refractivity contribution is 0.0811. The van der Waals surface area contributed by atoms with Crippen LogP contribution in [-0.2, 0) is 11.3 Å². The van der Waals surface area contributed by atoms with Crippen LogP contribution >= 0.6 is 11.6 Å². The molecule has 1 nitrogen and oxygen atoms in total. The van der Waals surface area contributed by atoms with Crippen molar-refractivity contribution in [2.75, 3.05) is 12.5 Å². The summed E-state index contributed by atoms with van der Waals surface area (Å²) in [7, 11) is 0. The number of hydrogen-bond donors (Lipinski definition) is 0. The van der Waals surface area contributed by atoms with E-state index in [2.05, 4.69) is 32.6 Å². The van der Waals surface area contributed by atoms with Gasteiger partial charge in [-0.3, -0.25) is 0 Å². The topological polar surface area (TPSA) is 9.23 Å². The number of allylic oxidation sites excluding steroid dienone is 1. The fraction of sp³-hybridized carbons (Fsp3) is 0.500. The molecule has 0 fully saturated rings. The number of alkyl halides is 1. The number of halogens is 1. The molecule has 1 aromatic rings. The average molecular weight is 267 g/mol. The van der Waals surface area contributed by atoms with Crippen molar-refractivity contribution in [1.82, 2.24) is 0 Å². The first-order chi connectivity index (χ1) is 8.59. The minimum atomic E-state index is 0.0110. The zero-order valence-electron chi connectivity index (χ0n) is 11.4. The van der Waals surface area contributed by atoms with E-state index < -0.39 is 0 Å². The Hall–Kier alpha value is -0.790. The van der Waals surface area contributed by atoms with E-state index in [-0.39, 0.29) is 5.41 Å². The smallest absolute Gasteiger partial charge is 0.0717 e. The summed E-state index contributed by atoms with van der Waals surface area (Å²) in [6.07, 6.45) is 2.96. The van der Waals surface area contributed by atoms with Gasteiger partial charge in [0.25, 0.3) is 0 Å². The zero-order valence-corrected chi connectivity index (χ0v) is 12.1. The highest BCUT2D eigenvalue weighted by molar-refractivity contribution is 6.18. The maximum Gasteiger partial charge on any atom is 0.0717 e. The second-order valence-electron chi connectivity index (χ2n) is 5.30. The molecule has 18 heavy (non-hydrogen) atoms. The Labute approximate surface area is 116 Å². The highest BCUT2D eigenvalue weighted by Crippen LogP contribution is 2.28. The fourth-order valence-corrected chi connectivity index (χ4v) is 2.22. The van der Waals surface area contributed by atoms with E-state index in [1.54, 1.807) is 0 Å². The third-order valence-corrected chi connectivity index (χ3v) is 3.74.